The molecule has 0 aromatic carbocycles. The highest BCUT2D eigenvalue weighted by Gasteiger charge is 1.92. The maximum absolute atomic E-state index is 6.88. The monoisotopic (exact) mass is 123 g/mol. The molecule has 0 aromatic rings. The lowest BCUT2D eigenvalue weighted by Crippen LogP contribution is -2.19. The summed E-state index contributed by atoms with van der Waals surface area (Å²) in [6.07, 6.45) is 2.72. The zero-order valence-corrected chi connectivity index (χ0v) is 5.09. The maximum Gasteiger partial charge on any atom is 0.141 e. The van der Waals surface area contributed by atoms with Gasteiger partial charge >= 0.3 is 0 Å². The molecule has 0 rings (SSSR count). The van der Waals surface area contributed by atoms with Crippen LogP contribution in [-0.4, -0.2) is 11.5 Å². The second-order valence-corrected chi connectivity index (χ2v) is 1.31. The lowest BCUT2D eigenvalue weighted by Gasteiger charge is -1.91. The first-order valence-corrected chi connectivity index (χ1v) is 2.38. The smallest absolute Gasteiger partial charge is 0.141 e. The fourth-order valence-corrected chi connectivity index (χ4v) is 0.331. The van der Waals surface area contributed by atoms with Gasteiger partial charge in [-0.05, 0) is 6.08 Å². The molecule has 3 nitrogen and oxygen atoms in total. The molecule has 0 aliphatic heterocycles. The minimum absolute atomic E-state index is 0.0927. The average molecular weight is 123 g/mol. The second kappa shape index (κ2) is 3.60. The number of hydrogen-bond donors (Lipinski definition) is 2. The molecule has 0 saturated carbocycles. The molecule has 0 bridgehead atoms. The number of aliphatic imine (C=N–C) groups is 1. The predicted octanol–water partition coefficient (Wildman–Crippen LogP) is 0.693. The molecular formula is C6H9N3. The van der Waals surface area contributed by atoms with E-state index in [9.17, 15) is 0 Å². The predicted molar refractivity (Wildman–Crippen MR) is 39.7 cm³/mol. The quantitative estimate of drug-likeness (QED) is 0.421. The van der Waals surface area contributed by atoms with E-state index in [-0.39, 0.29) is 5.84 Å². The molecule has 0 fully saturated rings. The van der Waals surface area contributed by atoms with Crippen LogP contribution in [0.1, 0.15) is 0 Å². The van der Waals surface area contributed by atoms with Crippen LogP contribution in [0.15, 0.2) is 30.4 Å². The van der Waals surface area contributed by atoms with Gasteiger partial charge in [0.25, 0.3) is 0 Å². The Hall–Kier alpha value is -1.38. The van der Waals surface area contributed by atoms with E-state index >= 15 is 0 Å². The first kappa shape index (κ1) is 7.62. The van der Waals surface area contributed by atoms with Gasteiger partial charge in [0, 0.05) is 6.20 Å². The van der Waals surface area contributed by atoms with E-state index < -0.39 is 0 Å². The SMILES string of the molecule is C=CN=C(C=C)C(=N)N. The highest BCUT2D eigenvalue weighted by Crippen LogP contribution is 1.79. The van der Waals surface area contributed by atoms with Gasteiger partial charge in [0.1, 0.15) is 11.5 Å². The fraction of sp³-hybridized carbons (Fsp3) is 0. The Morgan fingerprint density at radius 3 is 2.22 bits per heavy atom. The first-order chi connectivity index (χ1) is 4.22. The maximum atomic E-state index is 6.88. The summed E-state index contributed by atoms with van der Waals surface area (Å²) < 4.78 is 0. The van der Waals surface area contributed by atoms with Gasteiger partial charge in [-0.2, -0.15) is 0 Å². The van der Waals surface area contributed by atoms with Crippen LogP contribution in [0.2, 0.25) is 0 Å². The van der Waals surface area contributed by atoms with Crippen molar-refractivity contribution in [1.29, 1.82) is 5.41 Å². The fourth-order valence-electron chi connectivity index (χ4n) is 0.331. The molecule has 0 radical (unpaired) electrons. The third-order valence-corrected chi connectivity index (χ3v) is 0.700. The molecule has 0 atom stereocenters. The Morgan fingerprint density at radius 2 is 2.11 bits per heavy atom. The van der Waals surface area contributed by atoms with Crippen LogP contribution in [0.4, 0.5) is 0 Å². The summed E-state index contributed by atoms with van der Waals surface area (Å²) in [4.78, 5) is 3.66. The van der Waals surface area contributed by atoms with Crippen molar-refractivity contribution >= 4 is 11.5 Å². The van der Waals surface area contributed by atoms with Gasteiger partial charge in [-0.25, -0.2) is 0 Å². The Kier molecular flexibility index (Phi) is 3.05. The van der Waals surface area contributed by atoms with E-state index in [2.05, 4.69) is 18.2 Å². The van der Waals surface area contributed by atoms with Crippen molar-refractivity contribution in [3.8, 4) is 0 Å². The molecule has 0 aliphatic rings. The van der Waals surface area contributed by atoms with E-state index in [0.29, 0.717) is 5.71 Å². The Balaban J connectivity index is 4.32. The number of rotatable bonds is 3. The molecule has 0 heterocycles. The summed E-state index contributed by atoms with van der Waals surface area (Å²) >= 11 is 0. The van der Waals surface area contributed by atoms with Gasteiger partial charge in [-0.15, -0.1) is 0 Å². The first-order valence-electron chi connectivity index (χ1n) is 2.38. The Labute approximate surface area is 54.1 Å². The van der Waals surface area contributed by atoms with E-state index in [1.54, 1.807) is 0 Å². The van der Waals surface area contributed by atoms with Crippen LogP contribution in [0.3, 0.4) is 0 Å². The summed E-state index contributed by atoms with van der Waals surface area (Å²) in [7, 11) is 0. The van der Waals surface area contributed by atoms with Gasteiger partial charge in [0.05, 0.1) is 0 Å². The highest BCUT2D eigenvalue weighted by molar-refractivity contribution is 6.44. The Morgan fingerprint density at radius 1 is 1.56 bits per heavy atom. The summed E-state index contributed by atoms with van der Waals surface area (Å²) in [5.41, 5.74) is 5.42. The van der Waals surface area contributed by atoms with Crippen molar-refractivity contribution in [2.24, 2.45) is 10.7 Å². The molecule has 3 heteroatoms. The number of hydrogen-bond acceptors (Lipinski definition) is 2. The number of nitrogens with one attached hydrogen (secondary N) is 1. The van der Waals surface area contributed by atoms with Crippen molar-refractivity contribution in [2.75, 3.05) is 0 Å². The molecule has 3 N–H and O–H groups in total. The summed E-state index contributed by atoms with van der Waals surface area (Å²) in [6, 6.07) is 0. The minimum Gasteiger partial charge on any atom is -0.382 e. The molecule has 0 saturated heterocycles. The van der Waals surface area contributed by atoms with Crippen LogP contribution >= 0.6 is 0 Å². The summed E-state index contributed by atoms with van der Waals surface area (Å²) in [5.74, 6) is -0.0927. The lowest BCUT2D eigenvalue weighted by atomic mass is 10.3. The molecule has 0 unspecified atom stereocenters. The molecule has 0 aliphatic carbocycles. The Bertz CT molecular complexity index is 167. The summed E-state index contributed by atoms with van der Waals surface area (Å²) in [5, 5.41) is 6.88. The van der Waals surface area contributed by atoms with Gasteiger partial charge < -0.3 is 5.73 Å². The van der Waals surface area contributed by atoms with Gasteiger partial charge in [0.2, 0.25) is 0 Å². The normalized spacial score (nSPS) is 10.4. The van der Waals surface area contributed by atoms with Gasteiger partial charge in [-0.1, -0.05) is 13.2 Å². The summed E-state index contributed by atoms with van der Waals surface area (Å²) in [6.45, 7) is 6.74. The second-order valence-electron chi connectivity index (χ2n) is 1.31. The third kappa shape index (κ3) is 2.43. The molecular weight excluding hydrogens is 114 g/mol. The van der Waals surface area contributed by atoms with Crippen LogP contribution in [0, 0.1) is 5.41 Å². The van der Waals surface area contributed by atoms with Crippen molar-refractivity contribution in [3.05, 3.63) is 25.4 Å². The number of amidine groups is 1. The van der Waals surface area contributed by atoms with Crippen LogP contribution < -0.4 is 5.73 Å². The third-order valence-electron chi connectivity index (χ3n) is 0.700. The molecule has 9 heavy (non-hydrogen) atoms. The largest absolute Gasteiger partial charge is 0.382 e. The topological polar surface area (TPSA) is 62.2 Å². The van der Waals surface area contributed by atoms with Crippen LogP contribution in [0.25, 0.3) is 0 Å². The average Bonchev–Trinajstić information content (AvgIpc) is 1.82. The zero-order chi connectivity index (χ0) is 7.28. The van der Waals surface area contributed by atoms with Crippen molar-refractivity contribution in [3.63, 3.8) is 0 Å². The molecule has 0 aromatic heterocycles. The lowest BCUT2D eigenvalue weighted by molar-refractivity contribution is 1.47. The van der Waals surface area contributed by atoms with E-state index in [0.717, 1.165) is 0 Å². The van der Waals surface area contributed by atoms with E-state index in [1.807, 2.05) is 0 Å². The highest BCUT2D eigenvalue weighted by atomic mass is 14.8. The van der Waals surface area contributed by atoms with Crippen molar-refractivity contribution < 1.29 is 0 Å². The van der Waals surface area contributed by atoms with Crippen LogP contribution in [0.5, 0.6) is 0 Å². The minimum atomic E-state index is -0.0927. The van der Waals surface area contributed by atoms with Gasteiger partial charge in [0.15, 0.2) is 0 Å². The zero-order valence-electron chi connectivity index (χ0n) is 5.09. The van der Waals surface area contributed by atoms with E-state index in [4.69, 9.17) is 11.1 Å². The van der Waals surface area contributed by atoms with Gasteiger partial charge in [-0.3, -0.25) is 10.4 Å². The molecule has 0 amide bonds. The standard InChI is InChI=1S/C6H9N3/c1-3-5(6(7)8)9-4-2/h3-4H,1-2H2,(H3,7,8). The number of nitrogens with zero attached hydrogens (tertiary/aromatic N) is 1. The number of nitrogens with two attached hydrogens (primary N) is 1. The van der Waals surface area contributed by atoms with E-state index in [1.165, 1.54) is 12.3 Å². The van der Waals surface area contributed by atoms with Crippen molar-refractivity contribution in [2.45, 2.75) is 0 Å². The van der Waals surface area contributed by atoms with Crippen molar-refractivity contribution in [1.82, 2.24) is 0 Å². The van der Waals surface area contributed by atoms with Crippen LogP contribution in [-0.2, 0) is 0 Å². The molecule has 48 valence electrons. The molecule has 0 spiro atoms.